The van der Waals surface area contributed by atoms with Crippen LogP contribution in [0, 0.1) is 11.3 Å². The number of ketones is 1. The van der Waals surface area contributed by atoms with Gasteiger partial charge in [-0.05, 0) is 29.8 Å². The zero-order valence-corrected chi connectivity index (χ0v) is 13.8. The Bertz CT molecular complexity index is 879. The third-order valence-electron chi connectivity index (χ3n) is 4.18. The first-order valence-corrected chi connectivity index (χ1v) is 7.95. The molecule has 7 heteroatoms. The third kappa shape index (κ3) is 3.34. The summed E-state index contributed by atoms with van der Waals surface area (Å²) >= 11 is 6.07. The Labute approximate surface area is 148 Å². The highest BCUT2D eigenvalue weighted by Gasteiger charge is 2.30. The summed E-state index contributed by atoms with van der Waals surface area (Å²) in [5.74, 6) is -0.306. The summed E-state index contributed by atoms with van der Waals surface area (Å²) in [4.78, 5) is 13.9. The van der Waals surface area contributed by atoms with Crippen LogP contribution in [0.25, 0.3) is 0 Å². The fourth-order valence-corrected chi connectivity index (χ4v) is 3.21. The van der Waals surface area contributed by atoms with Crippen molar-refractivity contribution in [2.24, 2.45) is 5.73 Å². The lowest BCUT2D eigenvalue weighted by Crippen LogP contribution is -2.39. The van der Waals surface area contributed by atoms with Crippen LogP contribution in [0.2, 0.25) is 5.02 Å². The SMILES string of the molecule is N#Cc1cc(Cl)cc(N2C[C@H](N)C(=O)Cc3c(C(F)F)cccc32)c1. The number of benzene rings is 2. The minimum Gasteiger partial charge on any atom is -0.339 e. The molecule has 0 saturated heterocycles. The molecule has 2 N–H and O–H groups in total. The largest absolute Gasteiger partial charge is 0.339 e. The molecule has 0 unspecified atom stereocenters. The van der Waals surface area contributed by atoms with Gasteiger partial charge in [0.1, 0.15) is 0 Å². The van der Waals surface area contributed by atoms with E-state index in [-0.39, 0.29) is 29.9 Å². The van der Waals surface area contributed by atoms with Crippen LogP contribution in [0.4, 0.5) is 20.2 Å². The molecule has 0 radical (unpaired) electrons. The minimum absolute atomic E-state index is 0.115. The van der Waals surface area contributed by atoms with E-state index in [1.807, 2.05) is 6.07 Å². The van der Waals surface area contributed by atoms with Crippen LogP contribution >= 0.6 is 11.6 Å². The molecule has 25 heavy (non-hydrogen) atoms. The Balaban J connectivity index is 2.21. The molecule has 0 bridgehead atoms. The number of anilines is 2. The van der Waals surface area contributed by atoms with Crippen LogP contribution in [0.15, 0.2) is 36.4 Å². The van der Waals surface area contributed by atoms with Crippen LogP contribution in [0.1, 0.15) is 23.1 Å². The van der Waals surface area contributed by atoms with Gasteiger partial charge in [-0.2, -0.15) is 5.26 Å². The molecule has 2 aromatic carbocycles. The van der Waals surface area contributed by atoms with Crippen molar-refractivity contribution in [3.63, 3.8) is 0 Å². The molecule has 3 rings (SSSR count). The van der Waals surface area contributed by atoms with Crippen LogP contribution in [0.5, 0.6) is 0 Å². The van der Waals surface area contributed by atoms with Crippen molar-refractivity contribution in [3.05, 3.63) is 58.1 Å². The molecule has 2 aromatic rings. The van der Waals surface area contributed by atoms with Gasteiger partial charge in [0.15, 0.2) is 5.78 Å². The molecule has 4 nitrogen and oxygen atoms in total. The molecule has 0 aromatic heterocycles. The molecule has 1 aliphatic rings. The highest BCUT2D eigenvalue weighted by atomic mass is 35.5. The number of alkyl halides is 2. The van der Waals surface area contributed by atoms with Gasteiger partial charge in [0.05, 0.1) is 17.7 Å². The summed E-state index contributed by atoms with van der Waals surface area (Å²) in [6.07, 6.45) is -2.85. The summed E-state index contributed by atoms with van der Waals surface area (Å²) in [6.45, 7) is 0.115. The molecule has 1 atom stereocenters. The van der Waals surface area contributed by atoms with Gasteiger partial charge in [0, 0.05) is 34.9 Å². The van der Waals surface area contributed by atoms with Crippen molar-refractivity contribution >= 4 is 28.8 Å². The van der Waals surface area contributed by atoms with Crippen LogP contribution in [-0.2, 0) is 11.2 Å². The van der Waals surface area contributed by atoms with Gasteiger partial charge in [0.25, 0.3) is 6.43 Å². The fraction of sp³-hybridized carbons (Fsp3) is 0.222. The highest BCUT2D eigenvalue weighted by Crippen LogP contribution is 2.37. The third-order valence-corrected chi connectivity index (χ3v) is 4.40. The first-order chi connectivity index (χ1) is 11.9. The summed E-state index contributed by atoms with van der Waals surface area (Å²) in [7, 11) is 0. The van der Waals surface area contributed by atoms with Gasteiger partial charge in [-0.3, -0.25) is 4.79 Å². The number of hydrogen-bond donors (Lipinski definition) is 1. The van der Waals surface area contributed by atoms with E-state index in [0.29, 0.717) is 22.0 Å². The quantitative estimate of drug-likeness (QED) is 0.884. The van der Waals surface area contributed by atoms with Crippen molar-refractivity contribution in [1.82, 2.24) is 0 Å². The monoisotopic (exact) mass is 361 g/mol. The van der Waals surface area contributed by atoms with E-state index < -0.39 is 12.5 Å². The predicted octanol–water partition coefficient (Wildman–Crippen LogP) is 3.74. The van der Waals surface area contributed by atoms with Gasteiger partial charge < -0.3 is 10.6 Å². The molecule has 0 fully saturated rings. The number of nitrogens with two attached hydrogens (primary N) is 1. The van der Waals surface area contributed by atoms with E-state index in [4.69, 9.17) is 22.6 Å². The van der Waals surface area contributed by atoms with Gasteiger partial charge in [-0.15, -0.1) is 0 Å². The lowest BCUT2D eigenvalue weighted by molar-refractivity contribution is -0.119. The van der Waals surface area contributed by atoms with Gasteiger partial charge in [-0.1, -0.05) is 23.7 Å². The topological polar surface area (TPSA) is 70.1 Å². The number of nitriles is 1. The zero-order valence-electron chi connectivity index (χ0n) is 13.0. The lowest BCUT2D eigenvalue weighted by atomic mass is 9.99. The van der Waals surface area contributed by atoms with Crippen LogP contribution in [-0.4, -0.2) is 18.4 Å². The summed E-state index contributed by atoms with van der Waals surface area (Å²) < 4.78 is 26.8. The Morgan fingerprint density at radius 3 is 2.76 bits per heavy atom. The summed E-state index contributed by atoms with van der Waals surface area (Å²) in [5.41, 5.74) is 7.35. The van der Waals surface area contributed by atoms with Crippen molar-refractivity contribution in [1.29, 1.82) is 5.26 Å². The number of carbonyl (C=O) groups is 1. The first kappa shape index (κ1) is 17.3. The molecule has 0 spiro atoms. The average Bonchev–Trinajstić information content (AvgIpc) is 2.70. The summed E-state index contributed by atoms with van der Waals surface area (Å²) in [5, 5.41) is 9.48. The Morgan fingerprint density at radius 1 is 1.32 bits per heavy atom. The zero-order chi connectivity index (χ0) is 18.1. The van der Waals surface area contributed by atoms with Gasteiger partial charge in [0.2, 0.25) is 0 Å². The molecule has 0 amide bonds. The van der Waals surface area contributed by atoms with E-state index in [0.717, 1.165) is 0 Å². The number of Topliss-reactive ketones (excluding diaryl/α,β-unsaturated/α-hetero) is 1. The maximum atomic E-state index is 13.4. The second-order valence-corrected chi connectivity index (χ2v) is 6.25. The second-order valence-electron chi connectivity index (χ2n) is 5.82. The fourth-order valence-electron chi connectivity index (χ4n) is 2.98. The maximum Gasteiger partial charge on any atom is 0.264 e. The molecule has 0 saturated carbocycles. The molecular weight excluding hydrogens is 348 g/mol. The number of nitrogens with zero attached hydrogens (tertiary/aromatic N) is 2. The lowest BCUT2D eigenvalue weighted by Gasteiger charge is -2.27. The minimum atomic E-state index is -2.70. The Morgan fingerprint density at radius 2 is 2.08 bits per heavy atom. The molecule has 1 heterocycles. The Kier molecular flexibility index (Phi) is 4.71. The number of rotatable bonds is 2. The van der Waals surface area contributed by atoms with E-state index in [2.05, 4.69) is 0 Å². The molecule has 1 aliphatic heterocycles. The number of carbonyl (C=O) groups excluding carboxylic acids is 1. The second kappa shape index (κ2) is 6.79. The normalized spacial score (nSPS) is 17.2. The van der Waals surface area contributed by atoms with E-state index >= 15 is 0 Å². The van der Waals surface area contributed by atoms with Crippen molar-refractivity contribution in [2.75, 3.05) is 11.4 Å². The van der Waals surface area contributed by atoms with Gasteiger partial charge >= 0.3 is 0 Å². The molecular formula is C18H14ClF2N3O. The molecule has 0 aliphatic carbocycles. The number of hydrogen-bond acceptors (Lipinski definition) is 4. The number of fused-ring (bicyclic) bond motifs is 1. The van der Waals surface area contributed by atoms with Crippen molar-refractivity contribution < 1.29 is 13.6 Å². The van der Waals surface area contributed by atoms with E-state index in [1.165, 1.54) is 18.2 Å². The van der Waals surface area contributed by atoms with E-state index in [9.17, 15) is 13.6 Å². The standard InChI is InChI=1S/C18H14ClF2N3O/c19-11-4-10(8-22)5-12(6-11)24-9-15(23)17(25)7-14-13(18(20)21)2-1-3-16(14)24/h1-6,15,18H,7,9,23H2/t15-/m0/s1. The maximum absolute atomic E-state index is 13.4. The smallest absolute Gasteiger partial charge is 0.264 e. The summed E-state index contributed by atoms with van der Waals surface area (Å²) in [6, 6.07) is 10.4. The first-order valence-electron chi connectivity index (χ1n) is 7.57. The van der Waals surface area contributed by atoms with Gasteiger partial charge in [-0.25, -0.2) is 8.78 Å². The average molecular weight is 362 g/mol. The van der Waals surface area contributed by atoms with Crippen molar-refractivity contribution in [2.45, 2.75) is 18.9 Å². The number of halogens is 3. The van der Waals surface area contributed by atoms with Crippen LogP contribution in [0.3, 0.4) is 0 Å². The predicted molar refractivity (Wildman–Crippen MR) is 91.3 cm³/mol. The van der Waals surface area contributed by atoms with Crippen molar-refractivity contribution in [3.8, 4) is 6.07 Å². The Hall–Kier alpha value is -2.49. The highest BCUT2D eigenvalue weighted by molar-refractivity contribution is 6.31. The van der Waals surface area contributed by atoms with Crippen LogP contribution < -0.4 is 10.6 Å². The molecule has 128 valence electrons. The van der Waals surface area contributed by atoms with E-state index in [1.54, 1.807) is 23.1 Å².